The summed E-state index contributed by atoms with van der Waals surface area (Å²) in [5.74, 6) is -0.119. The number of halogens is 1. The van der Waals surface area contributed by atoms with Crippen LogP contribution < -0.4 is 10.7 Å². The van der Waals surface area contributed by atoms with E-state index < -0.39 is 17.2 Å². The Morgan fingerprint density at radius 3 is 2.88 bits per heavy atom. The number of carbonyl (C=O) groups excluding carboxylic acids is 1. The number of hydrogen-bond donors (Lipinski definition) is 2. The second-order valence-corrected chi connectivity index (χ2v) is 6.75. The van der Waals surface area contributed by atoms with Crippen LogP contribution in [0.2, 0.25) is 0 Å². The standard InChI is InChI=1S/C18H22FN3O2/c1-10-6-3-4-7-12(10)11(2)20-18(24)16-17(23)13-8-5-9-14(19)15(13)21-22-16/h5,8-12H,3-4,6-7H2,1-2H3,(H,20,24)(H,21,23). The van der Waals surface area contributed by atoms with E-state index in [4.69, 9.17) is 0 Å². The fourth-order valence-corrected chi connectivity index (χ4v) is 3.74. The second-order valence-electron chi connectivity index (χ2n) is 6.75. The number of benzene rings is 1. The van der Waals surface area contributed by atoms with Gasteiger partial charge in [-0.2, -0.15) is 5.10 Å². The molecule has 0 saturated heterocycles. The van der Waals surface area contributed by atoms with Crippen LogP contribution in [-0.4, -0.2) is 22.1 Å². The van der Waals surface area contributed by atoms with Crippen molar-refractivity contribution in [2.45, 2.75) is 45.6 Å². The molecule has 1 aromatic carbocycles. The summed E-state index contributed by atoms with van der Waals surface area (Å²) in [6, 6.07) is 4.15. The third-order valence-electron chi connectivity index (χ3n) is 5.15. The molecule has 1 amide bonds. The number of carbonyl (C=O) groups is 1. The third-order valence-corrected chi connectivity index (χ3v) is 5.15. The van der Waals surface area contributed by atoms with Crippen LogP contribution >= 0.6 is 0 Å². The van der Waals surface area contributed by atoms with E-state index in [0.717, 1.165) is 6.42 Å². The highest BCUT2D eigenvalue weighted by molar-refractivity contribution is 5.95. The first-order chi connectivity index (χ1) is 11.5. The topological polar surface area (TPSA) is 74.8 Å². The minimum Gasteiger partial charge on any atom is -0.348 e. The van der Waals surface area contributed by atoms with Gasteiger partial charge in [-0.25, -0.2) is 4.39 Å². The lowest BCUT2D eigenvalue weighted by molar-refractivity contribution is 0.0896. The molecule has 6 heteroatoms. The first-order valence-corrected chi connectivity index (χ1v) is 8.46. The van der Waals surface area contributed by atoms with Gasteiger partial charge in [-0.3, -0.25) is 14.7 Å². The summed E-state index contributed by atoms with van der Waals surface area (Å²) in [7, 11) is 0. The monoisotopic (exact) mass is 331 g/mol. The van der Waals surface area contributed by atoms with Crippen molar-refractivity contribution >= 4 is 16.8 Å². The molecule has 0 spiro atoms. The van der Waals surface area contributed by atoms with Crippen molar-refractivity contribution in [3.8, 4) is 0 Å². The summed E-state index contributed by atoms with van der Waals surface area (Å²) in [5, 5.41) is 9.31. The normalized spacial score (nSPS) is 22.3. The maximum absolute atomic E-state index is 13.7. The molecular weight excluding hydrogens is 309 g/mol. The molecule has 1 heterocycles. The van der Waals surface area contributed by atoms with Crippen molar-refractivity contribution in [1.29, 1.82) is 0 Å². The average Bonchev–Trinajstić information content (AvgIpc) is 2.56. The Balaban J connectivity index is 1.84. The van der Waals surface area contributed by atoms with Crippen LogP contribution in [0.5, 0.6) is 0 Å². The number of nitrogens with one attached hydrogen (secondary N) is 2. The predicted molar refractivity (Wildman–Crippen MR) is 90.4 cm³/mol. The Bertz CT molecular complexity index is 818. The van der Waals surface area contributed by atoms with Crippen molar-refractivity contribution in [3.05, 3.63) is 39.9 Å². The second kappa shape index (κ2) is 6.71. The van der Waals surface area contributed by atoms with E-state index in [-0.39, 0.29) is 22.6 Å². The zero-order valence-corrected chi connectivity index (χ0v) is 13.9. The number of aromatic amines is 1. The van der Waals surface area contributed by atoms with Crippen LogP contribution in [0, 0.1) is 17.7 Å². The van der Waals surface area contributed by atoms with Crippen molar-refractivity contribution in [3.63, 3.8) is 0 Å². The lowest BCUT2D eigenvalue weighted by atomic mass is 9.77. The highest BCUT2D eigenvalue weighted by Crippen LogP contribution is 2.31. The number of aromatic nitrogens is 2. The van der Waals surface area contributed by atoms with Crippen LogP contribution in [0.15, 0.2) is 23.0 Å². The van der Waals surface area contributed by atoms with Gasteiger partial charge in [0.1, 0.15) is 11.3 Å². The molecule has 0 bridgehead atoms. The molecule has 1 saturated carbocycles. The zero-order valence-electron chi connectivity index (χ0n) is 13.9. The summed E-state index contributed by atoms with van der Waals surface area (Å²) >= 11 is 0. The molecule has 2 aromatic rings. The number of hydrogen-bond acceptors (Lipinski definition) is 3. The van der Waals surface area contributed by atoms with E-state index in [1.54, 1.807) is 0 Å². The Morgan fingerprint density at radius 1 is 1.38 bits per heavy atom. The Hall–Kier alpha value is -2.24. The van der Waals surface area contributed by atoms with Crippen LogP contribution in [0.3, 0.4) is 0 Å². The molecular formula is C18H22FN3O2. The van der Waals surface area contributed by atoms with Gasteiger partial charge in [0, 0.05) is 6.04 Å². The molecule has 1 aliphatic rings. The first-order valence-electron chi connectivity index (χ1n) is 8.46. The van der Waals surface area contributed by atoms with E-state index in [2.05, 4.69) is 22.4 Å². The third kappa shape index (κ3) is 3.05. The van der Waals surface area contributed by atoms with Gasteiger partial charge < -0.3 is 5.32 Å². The van der Waals surface area contributed by atoms with Gasteiger partial charge in [0.05, 0.1) is 5.39 Å². The molecule has 2 N–H and O–H groups in total. The molecule has 24 heavy (non-hydrogen) atoms. The van der Waals surface area contributed by atoms with Crippen molar-refractivity contribution in [2.75, 3.05) is 0 Å². The zero-order chi connectivity index (χ0) is 17.3. The van der Waals surface area contributed by atoms with E-state index in [1.165, 1.54) is 37.5 Å². The van der Waals surface area contributed by atoms with Gasteiger partial charge >= 0.3 is 0 Å². The minimum atomic E-state index is -0.562. The number of nitrogens with zero attached hydrogens (tertiary/aromatic N) is 1. The molecule has 1 aliphatic carbocycles. The lowest BCUT2D eigenvalue weighted by Gasteiger charge is -2.33. The predicted octanol–water partition coefficient (Wildman–Crippen LogP) is 3.01. The van der Waals surface area contributed by atoms with Crippen LogP contribution in [0.1, 0.15) is 50.0 Å². The summed E-state index contributed by atoms with van der Waals surface area (Å²) < 4.78 is 13.7. The van der Waals surface area contributed by atoms with Crippen LogP contribution in [-0.2, 0) is 0 Å². The molecule has 128 valence electrons. The van der Waals surface area contributed by atoms with Gasteiger partial charge in [-0.05, 0) is 37.3 Å². The van der Waals surface area contributed by atoms with E-state index >= 15 is 0 Å². The highest BCUT2D eigenvalue weighted by Gasteiger charge is 2.28. The van der Waals surface area contributed by atoms with Gasteiger partial charge in [-0.15, -0.1) is 0 Å². The fraction of sp³-hybridized carbons (Fsp3) is 0.500. The van der Waals surface area contributed by atoms with Crippen LogP contribution in [0.4, 0.5) is 4.39 Å². The highest BCUT2D eigenvalue weighted by atomic mass is 19.1. The van der Waals surface area contributed by atoms with E-state index in [0.29, 0.717) is 11.8 Å². The van der Waals surface area contributed by atoms with Gasteiger partial charge in [0.2, 0.25) is 5.43 Å². The van der Waals surface area contributed by atoms with Crippen molar-refractivity contribution in [2.24, 2.45) is 11.8 Å². The number of fused-ring (bicyclic) bond motifs is 1. The summed E-state index contributed by atoms with van der Waals surface area (Å²) in [4.78, 5) is 24.9. The smallest absolute Gasteiger partial charge is 0.276 e. The lowest BCUT2D eigenvalue weighted by Crippen LogP contribution is -2.43. The van der Waals surface area contributed by atoms with E-state index in [1.807, 2.05) is 6.92 Å². The van der Waals surface area contributed by atoms with Crippen LogP contribution in [0.25, 0.3) is 10.9 Å². The summed E-state index contributed by atoms with van der Waals surface area (Å²) in [6.45, 7) is 4.18. The maximum atomic E-state index is 13.7. The molecule has 3 unspecified atom stereocenters. The molecule has 0 aliphatic heterocycles. The maximum Gasteiger partial charge on any atom is 0.276 e. The van der Waals surface area contributed by atoms with Gasteiger partial charge in [0.15, 0.2) is 5.69 Å². The Kier molecular flexibility index (Phi) is 4.64. The molecule has 3 atom stereocenters. The van der Waals surface area contributed by atoms with Crippen molar-refractivity contribution in [1.82, 2.24) is 15.5 Å². The quantitative estimate of drug-likeness (QED) is 0.908. The largest absolute Gasteiger partial charge is 0.348 e. The summed E-state index contributed by atoms with van der Waals surface area (Å²) in [5.41, 5.74) is -0.749. The molecule has 3 rings (SSSR count). The minimum absolute atomic E-state index is 0.0213. The molecule has 0 radical (unpaired) electrons. The number of amides is 1. The number of para-hydroxylation sites is 1. The van der Waals surface area contributed by atoms with E-state index in [9.17, 15) is 14.0 Å². The number of H-pyrrole nitrogens is 1. The fourth-order valence-electron chi connectivity index (χ4n) is 3.74. The summed E-state index contributed by atoms with van der Waals surface area (Å²) in [6.07, 6.45) is 4.65. The average molecular weight is 331 g/mol. The number of rotatable bonds is 3. The molecule has 1 aromatic heterocycles. The first kappa shape index (κ1) is 16.6. The Labute approximate surface area is 139 Å². The Morgan fingerprint density at radius 2 is 2.12 bits per heavy atom. The SMILES string of the molecule is CC1CCCCC1C(C)NC(=O)c1n[nH]c2c(F)cccc2c1=O. The van der Waals surface area contributed by atoms with Gasteiger partial charge in [-0.1, -0.05) is 32.3 Å². The van der Waals surface area contributed by atoms with Crippen molar-refractivity contribution < 1.29 is 9.18 Å². The molecule has 5 nitrogen and oxygen atoms in total. The molecule has 1 fully saturated rings. The van der Waals surface area contributed by atoms with Gasteiger partial charge in [0.25, 0.3) is 5.91 Å².